The van der Waals surface area contributed by atoms with Crippen LogP contribution in [0.4, 0.5) is 0 Å². The van der Waals surface area contributed by atoms with Crippen LogP contribution in [0.15, 0.2) is 72.6 Å². The number of ketones is 1. The van der Waals surface area contributed by atoms with Crippen molar-refractivity contribution in [3.63, 3.8) is 0 Å². The molecule has 3 aromatic rings. The Morgan fingerprint density at radius 1 is 1.03 bits per heavy atom. The summed E-state index contributed by atoms with van der Waals surface area (Å²) in [5.41, 5.74) is 2.36. The van der Waals surface area contributed by atoms with Crippen LogP contribution in [-0.4, -0.2) is 30.8 Å². The molecule has 2 heterocycles. The largest absolute Gasteiger partial charge is 0.872 e. The average Bonchev–Trinajstić information content (AvgIpc) is 3.09. The van der Waals surface area contributed by atoms with E-state index in [0.29, 0.717) is 22.6 Å². The highest BCUT2D eigenvalue weighted by atomic mass is 16.5. The van der Waals surface area contributed by atoms with Crippen LogP contribution in [0.2, 0.25) is 0 Å². The number of likely N-dealkylation sites (tertiary alicyclic amines) is 1. The molecule has 2 aromatic carbocycles. The maximum atomic E-state index is 13.6. The first-order valence-corrected chi connectivity index (χ1v) is 10.5. The number of H-pyrrole nitrogens is 1. The average molecular weight is 444 g/mol. The number of rotatable bonds is 6. The number of Topliss-reactive ketones (excluding diaryl/α,β-unsaturated/α-hetero) is 1. The standard InChI is InChI=1S/C26H24N2O5/c1-16-13-18(10-11-20(16)32-2)24(29)22-23(19-8-4-5-9-21(19)33-3)28(26(31)25(22)30)15-17-7-6-12-27-14-17/h4-14,23,29H,15H2,1-3H3. The van der Waals surface area contributed by atoms with Crippen LogP contribution in [0, 0.1) is 6.92 Å². The summed E-state index contributed by atoms with van der Waals surface area (Å²) in [6.45, 7) is 1.97. The molecule has 1 saturated heterocycles. The minimum absolute atomic E-state index is 0.0889. The van der Waals surface area contributed by atoms with Crippen LogP contribution >= 0.6 is 0 Å². The van der Waals surface area contributed by atoms with Gasteiger partial charge in [0, 0.05) is 22.8 Å². The zero-order valence-corrected chi connectivity index (χ0v) is 18.6. The van der Waals surface area contributed by atoms with Gasteiger partial charge in [-0.25, -0.2) is 4.98 Å². The number of aromatic amines is 1. The number of benzene rings is 2. The second-order valence-electron chi connectivity index (χ2n) is 7.75. The Morgan fingerprint density at radius 3 is 2.45 bits per heavy atom. The Morgan fingerprint density at radius 2 is 1.79 bits per heavy atom. The molecule has 1 amide bonds. The third kappa shape index (κ3) is 4.05. The topological polar surface area (TPSA) is 93.0 Å². The molecule has 1 aliphatic rings. The van der Waals surface area contributed by atoms with E-state index >= 15 is 0 Å². The number of ether oxygens (including phenoxy) is 2. The Labute approximate surface area is 191 Å². The lowest BCUT2D eigenvalue weighted by molar-refractivity contribution is -0.378. The summed E-state index contributed by atoms with van der Waals surface area (Å²) >= 11 is 0. The molecule has 1 atom stereocenters. The van der Waals surface area contributed by atoms with Gasteiger partial charge in [-0.3, -0.25) is 9.59 Å². The zero-order valence-electron chi connectivity index (χ0n) is 18.6. The zero-order chi connectivity index (χ0) is 23.5. The molecule has 168 valence electrons. The van der Waals surface area contributed by atoms with Crippen LogP contribution < -0.4 is 19.6 Å². The molecule has 0 saturated carbocycles. The first kappa shape index (κ1) is 22.1. The number of aryl methyl sites for hydroxylation is 1. The smallest absolute Gasteiger partial charge is 0.295 e. The van der Waals surface area contributed by atoms with Gasteiger partial charge in [0.15, 0.2) is 12.4 Å². The molecule has 1 unspecified atom stereocenters. The lowest BCUT2D eigenvalue weighted by atomic mass is 9.94. The second-order valence-corrected chi connectivity index (χ2v) is 7.75. The van der Waals surface area contributed by atoms with Crippen molar-refractivity contribution in [2.45, 2.75) is 19.5 Å². The summed E-state index contributed by atoms with van der Waals surface area (Å²) in [4.78, 5) is 30.7. The predicted octanol–water partition coefficient (Wildman–Crippen LogP) is 2.25. The van der Waals surface area contributed by atoms with E-state index in [-0.39, 0.29) is 12.1 Å². The third-order valence-corrected chi connectivity index (χ3v) is 5.74. The van der Waals surface area contributed by atoms with E-state index in [1.54, 1.807) is 62.0 Å². The third-order valence-electron chi connectivity index (χ3n) is 5.74. The quantitative estimate of drug-likeness (QED) is 0.330. The van der Waals surface area contributed by atoms with E-state index in [1.807, 2.05) is 19.1 Å². The van der Waals surface area contributed by atoms with E-state index in [0.717, 1.165) is 11.1 Å². The van der Waals surface area contributed by atoms with Crippen molar-refractivity contribution in [1.82, 2.24) is 4.90 Å². The van der Waals surface area contributed by atoms with E-state index < -0.39 is 23.5 Å². The fourth-order valence-corrected chi connectivity index (χ4v) is 4.15. The van der Waals surface area contributed by atoms with Gasteiger partial charge in [-0.15, -0.1) is 0 Å². The Kier molecular flexibility index (Phi) is 6.13. The molecule has 1 aromatic heterocycles. The fraction of sp³-hybridized carbons (Fsp3) is 0.192. The minimum atomic E-state index is -0.878. The highest BCUT2D eigenvalue weighted by molar-refractivity contribution is 6.46. The van der Waals surface area contributed by atoms with Gasteiger partial charge in [0.05, 0.1) is 26.8 Å². The molecule has 1 fully saturated rings. The highest BCUT2D eigenvalue weighted by Crippen LogP contribution is 2.43. The molecular weight excluding hydrogens is 420 g/mol. The van der Waals surface area contributed by atoms with Gasteiger partial charge in [-0.1, -0.05) is 30.0 Å². The molecule has 1 N–H and O–H groups in total. The molecule has 0 bridgehead atoms. The highest BCUT2D eigenvalue weighted by Gasteiger charge is 2.45. The van der Waals surface area contributed by atoms with Crippen LogP contribution in [0.3, 0.4) is 0 Å². The van der Waals surface area contributed by atoms with Crippen LogP contribution in [-0.2, 0) is 16.1 Å². The second kappa shape index (κ2) is 9.16. The van der Waals surface area contributed by atoms with E-state index in [4.69, 9.17) is 9.47 Å². The van der Waals surface area contributed by atoms with Gasteiger partial charge in [0.1, 0.15) is 11.5 Å². The van der Waals surface area contributed by atoms with Crippen molar-refractivity contribution in [2.24, 2.45) is 0 Å². The fourth-order valence-electron chi connectivity index (χ4n) is 4.15. The number of methoxy groups -OCH3 is 2. The van der Waals surface area contributed by atoms with Crippen molar-refractivity contribution in [1.29, 1.82) is 0 Å². The number of carbonyl (C=O) groups excluding carboxylic acids is 2. The van der Waals surface area contributed by atoms with Gasteiger partial charge in [-0.05, 0) is 42.3 Å². The first-order chi connectivity index (χ1) is 16.0. The van der Waals surface area contributed by atoms with Crippen molar-refractivity contribution in [2.75, 3.05) is 14.2 Å². The number of pyridine rings is 1. The van der Waals surface area contributed by atoms with Crippen molar-refractivity contribution >= 4 is 17.4 Å². The molecular formula is C26H24N2O5. The van der Waals surface area contributed by atoms with Crippen molar-refractivity contribution in [3.8, 4) is 11.5 Å². The molecule has 7 heteroatoms. The van der Waals surface area contributed by atoms with E-state index in [9.17, 15) is 14.7 Å². The van der Waals surface area contributed by atoms with Gasteiger partial charge >= 0.3 is 0 Å². The van der Waals surface area contributed by atoms with E-state index in [2.05, 4.69) is 4.98 Å². The minimum Gasteiger partial charge on any atom is -0.872 e. The number of amides is 1. The molecule has 1 aliphatic heterocycles. The molecule has 4 rings (SSSR count). The SMILES string of the molecule is COc1ccc(C([O-])=C2C(=O)C(=O)N(Cc3ccc[nH+]c3)C2c2ccccc2OC)cc1C. The number of nitrogens with one attached hydrogen (secondary N) is 1. The van der Waals surface area contributed by atoms with Crippen LogP contribution in [0.5, 0.6) is 11.5 Å². The van der Waals surface area contributed by atoms with Crippen LogP contribution in [0.25, 0.3) is 5.76 Å². The lowest BCUT2D eigenvalue weighted by Gasteiger charge is -2.28. The summed E-state index contributed by atoms with van der Waals surface area (Å²) in [7, 11) is 3.07. The summed E-state index contributed by atoms with van der Waals surface area (Å²) in [5.74, 6) is -0.885. The number of carbonyl (C=O) groups is 2. The number of nitrogens with zero attached hydrogens (tertiary/aromatic N) is 1. The van der Waals surface area contributed by atoms with Gasteiger partial charge < -0.3 is 19.5 Å². The van der Waals surface area contributed by atoms with Crippen molar-refractivity contribution < 1.29 is 29.2 Å². The molecule has 33 heavy (non-hydrogen) atoms. The summed E-state index contributed by atoms with van der Waals surface area (Å²) in [5, 5.41) is 13.6. The van der Waals surface area contributed by atoms with E-state index in [1.165, 1.54) is 12.0 Å². The lowest BCUT2D eigenvalue weighted by Crippen LogP contribution is -2.29. The Hall–Kier alpha value is -4.13. The van der Waals surface area contributed by atoms with Gasteiger partial charge in [-0.2, -0.15) is 0 Å². The summed E-state index contributed by atoms with van der Waals surface area (Å²) in [6.07, 6.45) is 3.51. The number of hydrogen-bond donors (Lipinski definition) is 0. The molecule has 0 radical (unpaired) electrons. The molecule has 0 spiro atoms. The molecule has 0 aliphatic carbocycles. The first-order valence-electron chi connectivity index (χ1n) is 10.5. The molecule has 7 nitrogen and oxygen atoms in total. The number of para-hydroxylation sites is 1. The Bertz CT molecular complexity index is 1240. The Balaban J connectivity index is 1.90. The van der Waals surface area contributed by atoms with Gasteiger partial charge in [0.25, 0.3) is 5.91 Å². The van der Waals surface area contributed by atoms with Gasteiger partial charge in [0.2, 0.25) is 5.78 Å². The van der Waals surface area contributed by atoms with Crippen molar-refractivity contribution in [3.05, 3.63) is 94.8 Å². The maximum absolute atomic E-state index is 13.6. The normalized spacial score (nSPS) is 17.3. The van der Waals surface area contributed by atoms with Crippen LogP contribution in [0.1, 0.15) is 28.3 Å². The number of hydrogen-bond acceptors (Lipinski definition) is 5. The predicted molar refractivity (Wildman–Crippen MR) is 119 cm³/mol. The monoisotopic (exact) mass is 444 g/mol. The number of aromatic nitrogens is 1. The maximum Gasteiger partial charge on any atom is 0.295 e. The summed E-state index contributed by atoms with van der Waals surface area (Å²) in [6, 6.07) is 14.8. The summed E-state index contributed by atoms with van der Waals surface area (Å²) < 4.78 is 10.8.